The van der Waals surface area contributed by atoms with E-state index in [1.165, 1.54) is 0 Å². The van der Waals surface area contributed by atoms with Crippen molar-refractivity contribution in [1.82, 2.24) is 10.6 Å². The van der Waals surface area contributed by atoms with Crippen LogP contribution in [0.3, 0.4) is 0 Å². The van der Waals surface area contributed by atoms with E-state index in [9.17, 15) is 4.79 Å². The molecule has 0 heterocycles. The van der Waals surface area contributed by atoms with Crippen LogP contribution in [0.2, 0.25) is 0 Å². The number of hydrogen-bond donors (Lipinski definition) is 3. The zero-order valence-corrected chi connectivity index (χ0v) is 14.3. The Labute approximate surface area is 150 Å². The van der Waals surface area contributed by atoms with Crippen LogP contribution in [0, 0.1) is 0 Å². The number of para-hydroxylation sites is 1. The van der Waals surface area contributed by atoms with Gasteiger partial charge in [0.25, 0.3) is 5.91 Å². The van der Waals surface area contributed by atoms with E-state index in [4.69, 9.17) is 35.4 Å². The monoisotopic (exact) mass is 367 g/mol. The Bertz CT molecular complexity index is 653. The highest BCUT2D eigenvalue weighted by molar-refractivity contribution is 7.80. The maximum absolute atomic E-state index is 12.2. The minimum absolute atomic E-state index is 0.295. The molecule has 0 aromatic heterocycles. The first-order valence-corrected chi connectivity index (χ1v) is 8.11. The molecular weight excluding hydrogens is 353 g/mol. The summed E-state index contributed by atoms with van der Waals surface area (Å²) in [4.78, 5) is 11.3. The normalized spacial score (nSPS) is 11.6. The highest BCUT2D eigenvalue weighted by atomic mass is 35.5. The Balaban J connectivity index is 1.96. The van der Waals surface area contributed by atoms with E-state index in [1.54, 1.807) is 24.3 Å². The quantitative estimate of drug-likeness (QED) is 0.429. The summed E-state index contributed by atoms with van der Waals surface area (Å²) in [6.07, 6.45) is -0.727. The van der Waals surface area contributed by atoms with Crippen molar-refractivity contribution >= 4 is 52.1 Å². The van der Waals surface area contributed by atoms with Gasteiger partial charge in [-0.1, -0.05) is 36.4 Å². The largest absolute Gasteiger partial charge is 0.340 e. The zero-order valence-electron chi connectivity index (χ0n) is 12.0. The van der Waals surface area contributed by atoms with Crippen LogP contribution < -0.4 is 16.0 Å². The summed E-state index contributed by atoms with van der Waals surface area (Å²) in [5.74, 6) is -0.295. The van der Waals surface area contributed by atoms with Crippen LogP contribution in [0.1, 0.15) is 10.4 Å². The zero-order chi connectivity index (χ0) is 16.7. The smallest absolute Gasteiger partial charge is 0.252 e. The molecule has 1 amide bonds. The topological polar surface area (TPSA) is 53.2 Å². The maximum atomic E-state index is 12.2. The second-order valence-corrected chi connectivity index (χ2v) is 6.19. The Morgan fingerprint density at radius 3 is 2.04 bits per heavy atom. The van der Waals surface area contributed by atoms with Gasteiger partial charge in [0.1, 0.15) is 11.0 Å². The molecular formula is C16H15Cl2N3OS. The molecule has 0 aliphatic heterocycles. The Hall–Kier alpha value is -1.82. The van der Waals surface area contributed by atoms with Crippen LogP contribution >= 0.6 is 35.4 Å². The molecule has 0 radical (unpaired) electrons. The minimum atomic E-state index is -0.877. The fourth-order valence-electron chi connectivity index (χ4n) is 1.81. The SMILES string of the molecule is O=C(N[C@H](NC(=S)Nc1ccccc1)C(Cl)Cl)c1ccccc1. The van der Waals surface area contributed by atoms with Gasteiger partial charge in [0, 0.05) is 11.3 Å². The molecule has 2 aromatic rings. The molecule has 0 fully saturated rings. The molecule has 2 aromatic carbocycles. The van der Waals surface area contributed by atoms with Gasteiger partial charge in [-0.3, -0.25) is 4.79 Å². The van der Waals surface area contributed by atoms with Crippen LogP contribution in [0.5, 0.6) is 0 Å². The second-order valence-electron chi connectivity index (χ2n) is 4.62. The molecule has 0 aliphatic carbocycles. The van der Waals surface area contributed by atoms with Gasteiger partial charge >= 0.3 is 0 Å². The van der Waals surface area contributed by atoms with E-state index in [-0.39, 0.29) is 5.91 Å². The molecule has 120 valence electrons. The predicted octanol–water partition coefficient (Wildman–Crippen LogP) is 3.53. The van der Waals surface area contributed by atoms with Crippen molar-refractivity contribution in [2.24, 2.45) is 0 Å². The number of alkyl halides is 2. The lowest BCUT2D eigenvalue weighted by Crippen LogP contribution is -2.52. The molecule has 4 nitrogen and oxygen atoms in total. The van der Waals surface area contributed by atoms with Gasteiger partial charge in [-0.2, -0.15) is 0 Å². The molecule has 0 aliphatic rings. The number of nitrogens with one attached hydrogen (secondary N) is 3. The fourth-order valence-corrected chi connectivity index (χ4v) is 2.30. The summed E-state index contributed by atoms with van der Waals surface area (Å²) in [5.41, 5.74) is 1.33. The van der Waals surface area contributed by atoms with Gasteiger partial charge < -0.3 is 16.0 Å². The van der Waals surface area contributed by atoms with Crippen molar-refractivity contribution in [3.05, 3.63) is 66.2 Å². The van der Waals surface area contributed by atoms with Crippen molar-refractivity contribution in [2.75, 3.05) is 5.32 Å². The molecule has 3 N–H and O–H groups in total. The van der Waals surface area contributed by atoms with Crippen LogP contribution in [0.25, 0.3) is 0 Å². The molecule has 23 heavy (non-hydrogen) atoms. The standard InChI is InChI=1S/C16H15Cl2N3OS/c17-13(18)14(20-15(22)11-7-3-1-4-8-11)21-16(23)19-12-9-5-2-6-10-12/h1-10,13-14H,(H,20,22)(H2,19,21,23)/t14-/m1/s1. The molecule has 0 saturated carbocycles. The average molecular weight is 368 g/mol. The van der Waals surface area contributed by atoms with Crippen LogP contribution in [-0.4, -0.2) is 22.0 Å². The molecule has 1 atom stereocenters. The van der Waals surface area contributed by atoms with Crippen molar-refractivity contribution < 1.29 is 4.79 Å². The molecule has 0 bridgehead atoms. The third-order valence-electron chi connectivity index (χ3n) is 2.89. The van der Waals surface area contributed by atoms with Gasteiger partial charge in [0.05, 0.1) is 0 Å². The van der Waals surface area contributed by atoms with Crippen LogP contribution in [0.4, 0.5) is 5.69 Å². The molecule has 2 rings (SSSR count). The number of benzene rings is 2. The highest BCUT2D eigenvalue weighted by Gasteiger charge is 2.20. The maximum Gasteiger partial charge on any atom is 0.252 e. The summed E-state index contributed by atoms with van der Waals surface area (Å²) in [6.45, 7) is 0. The molecule has 7 heteroatoms. The van der Waals surface area contributed by atoms with Gasteiger partial charge in [-0.25, -0.2) is 0 Å². The lowest BCUT2D eigenvalue weighted by molar-refractivity contribution is 0.0936. The van der Waals surface area contributed by atoms with E-state index in [0.29, 0.717) is 10.7 Å². The third-order valence-corrected chi connectivity index (χ3v) is 3.62. The fraction of sp³-hybridized carbons (Fsp3) is 0.125. The summed E-state index contributed by atoms with van der Waals surface area (Å²) in [6, 6.07) is 18.2. The van der Waals surface area contributed by atoms with Crippen molar-refractivity contribution in [1.29, 1.82) is 0 Å². The number of hydrogen-bond acceptors (Lipinski definition) is 2. The predicted molar refractivity (Wildman–Crippen MR) is 99.0 cm³/mol. The summed E-state index contributed by atoms with van der Waals surface area (Å²) >= 11 is 17.1. The Morgan fingerprint density at radius 1 is 0.913 bits per heavy atom. The number of amides is 1. The number of thiocarbonyl (C=S) groups is 1. The Morgan fingerprint density at radius 2 is 1.48 bits per heavy atom. The first-order valence-electron chi connectivity index (χ1n) is 6.83. The second kappa shape index (κ2) is 8.72. The van der Waals surface area contributed by atoms with Gasteiger partial charge in [0.2, 0.25) is 0 Å². The van der Waals surface area contributed by atoms with Crippen molar-refractivity contribution in [2.45, 2.75) is 11.0 Å². The third kappa shape index (κ3) is 5.71. The van der Waals surface area contributed by atoms with E-state index < -0.39 is 11.0 Å². The van der Waals surface area contributed by atoms with Crippen LogP contribution in [0.15, 0.2) is 60.7 Å². The summed E-state index contributed by atoms with van der Waals surface area (Å²) < 4.78 is 0. The number of halogens is 2. The number of carbonyl (C=O) groups excluding carboxylic acids is 1. The molecule has 0 saturated heterocycles. The number of rotatable bonds is 5. The first kappa shape index (κ1) is 17.5. The van der Waals surface area contributed by atoms with Gasteiger partial charge in [-0.15, -0.1) is 23.2 Å². The number of carbonyl (C=O) groups is 1. The van der Waals surface area contributed by atoms with Crippen LogP contribution in [-0.2, 0) is 0 Å². The van der Waals surface area contributed by atoms with E-state index in [0.717, 1.165) is 5.69 Å². The highest BCUT2D eigenvalue weighted by Crippen LogP contribution is 2.09. The lowest BCUT2D eigenvalue weighted by Gasteiger charge is -2.23. The number of anilines is 1. The van der Waals surface area contributed by atoms with Gasteiger partial charge in [0.15, 0.2) is 5.11 Å². The van der Waals surface area contributed by atoms with Gasteiger partial charge in [-0.05, 0) is 36.5 Å². The molecule has 0 spiro atoms. The first-order chi connectivity index (χ1) is 11.1. The average Bonchev–Trinajstić information content (AvgIpc) is 2.55. The van der Waals surface area contributed by atoms with E-state index in [1.807, 2.05) is 36.4 Å². The summed E-state index contributed by atoms with van der Waals surface area (Å²) in [7, 11) is 0. The molecule has 0 unspecified atom stereocenters. The van der Waals surface area contributed by atoms with Crippen molar-refractivity contribution in [3.8, 4) is 0 Å². The van der Waals surface area contributed by atoms with E-state index >= 15 is 0 Å². The van der Waals surface area contributed by atoms with Crippen molar-refractivity contribution in [3.63, 3.8) is 0 Å². The Kier molecular flexibility index (Phi) is 6.65. The lowest BCUT2D eigenvalue weighted by atomic mass is 10.2. The summed E-state index contributed by atoms with van der Waals surface area (Å²) in [5, 5.41) is 8.90. The van der Waals surface area contributed by atoms with E-state index in [2.05, 4.69) is 16.0 Å². The minimum Gasteiger partial charge on any atom is -0.340 e.